The van der Waals surface area contributed by atoms with E-state index in [0.29, 0.717) is 11.2 Å². The molecule has 3 aromatic heterocycles. The van der Waals surface area contributed by atoms with Crippen molar-refractivity contribution < 1.29 is 23.9 Å². The van der Waals surface area contributed by atoms with E-state index in [2.05, 4.69) is 15.4 Å². The van der Waals surface area contributed by atoms with E-state index in [1.807, 2.05) is 0 Å². The number of rotatable bonds is 6. The van der Waals surface area contributed by atoms with Crippen LogP contribution in [-0.4, -0.2) is 45.2 Å². The van der Waals surface area contributed by atoms with Crippen molar-refractivity contribution in [1.82, 2.24) is 14.6 Å². The van der Waals surface area contributed by atoms with Gasteiger partial charge in [0.05, 0.1) is 24.5 Å². The van der Waals surface area contributed by atoms with E-state index in [1.165, 1.54) is 10.7 Å². The van der Waals surface area contributed by atoms with Gasteiger partial charge >= 0.3 is 11.9 Å². The molecule has 0 bridgehead atoms. The van der Waals surface area contributed by atoms with Gasteiger partial charge in [-0.1, -0.05) is 0 Å². The highest BCUT2D eigenvalue weighted by molar-refractivity contribution is 7.18. The molecule has 152 valence electrons. The number of nitrogens with zero attached hydrogens (tertiary/aromatic N) is 3. The Kier molecular flexibility index (Phi) is 5.92. The van der Waals surface area contributed by atoms with Crippen LogP contribution in [0.5, 0.6) is 0 Å². The average molecular weight is 416 g/mol. The Hall–Kier alpha value is -3.27. The molecule has 0 spiro atoms. The molecule has 9 nitrogen and oxygen atoms in total. The van der Waals surface area contributed by atoms with Crippen molar-refractivity contribution in [3.05, 3.63) is 46.2 Å². The lowest BCUT2D eigenvalue weighted by Crippen LogP contribution is -2.17. The summed E-state index contributed by atoms with van der Waals surface area (Å²) in [6.07, 6.45) is 4.24. The van der Waals surface area contributed by atoms with Crippen LogP contribution in [0.25, 0.3) is 5.65 Å². The standard InChI is InChI=1S/C19H20N4O5S/c1-5-27-19(26)14-11(4)13(18(25)28-10(2)3)17(29-14)22-16(24)12-9-21-23-8-6-7-20-15(12)23/h6-10H,5H2,1-4H3,(H,22,24). The lowest BCUT2D eigenvalue weighted by atomic mass is 10.1. The van der Waals surface area contributed by atoms with Crippen LogP contribution in [0.1, 0.15) is 56.7 Å². The van der Waals surface area contributed by atoms with Gasteiger partial charge < -0.3 is 14.8 Å². The predicted molar refractivity (Wildman–Crippen MR) is 107 cm³/mol. The summed E-state index contributed by atoms with van der Waals surface area (Å²) in [6.45, 7) is 6.93. The van der Waals surface area contributed by atoms with E-state index in [4.69, 9.17) is 9.47 Å². The third-order valence-electron chi connectivity index (χ3n) is 3.91. The summed E-state index contributed by atoms with van der Waals surface area (Å²) in [5.74, 6) is -1.70. The van der Waals surface area contributed by atoms with Gasteiger partial charge in [0.2, 0.25) is 0 Å². The van der Waals surface area contributed by atoms with Crippen molar-refractivity contribution in [2.45, 2.75) is 33.8 Å². The fraction of sp³-hybridized carbons (Fsp3) is 0.316. The maximum Gasteiger partial charge on any atom is 0.348 e. The molecule has 0 unspecified atom stereocenters. The molecule has 0 aromatic carbocycles. The molecular formula is C19H20N4O5S. The molecule has 0 aliphatic rings. The predicted octanol–water partition coefficient (Wildman–Crippen LogP) is 3.09. The van der Waals surface area contributed by atoms with Gasteiger partial charge in [-0.3, -0.25) is 4.79 Å². The zero-order valence-electron chi connectivity index (χ0n) is 16.4. The first kappa shape index (κ1) is 20.5. The number of ether oxygens (including phenoxy) is 2. The number of nitrogens with one attached hydrogen (secondary N) is 1. The monoisotopic (exact) mass is 416 g/mol. The molecule has 3 rings (SSSR count). The van der Waals surface area contributed by atoms with E-state index in [9.17, 15) is 14.4 Å². The summed E-state index contributed by atoms with van der Waals surface area (Å²) in [7, 11) is 0. The summed E-state index contributed by atoms with van der Waals surface area (Å²) < 4.78 is 11.8. The second-order valence-corrected chi connectivity index (χ2v) is 7.36. The zero-order chi connectivity index (χ0) is 21.1. The molecule has 10 heteroatoms. The Bertz CT molecular complexity index is 1090. The van der Waals surface area contributed by atoms with Crippen LogP contribution in [-0.2, 0) is 9.47 Å². The molecular weight excluding hydrogens is 396 g/mol. The topological polar surface area (TPSA) is 112 Å². The molecule has 29 heavy (non-hydrogen) atoms. The van der Waals surface area contributed by atoms with Crippen LogP contribution in [0.15, 0.2) is 24.7 Å². The molecule has 0 fully saturated rings. The molecule has 1 amide bonds. The number of hydrogen-bond acceptors (Lipinski definition) is 8. The quantitative estimate of drug-likeness (QED) is 0.615. The Balaban J connectivity index is 2.00. The fourth-order valence-corrected chi connectivity index (χ4v) is 3.75. The third kappa shape index (κ3) is 4.11. The molecule has 0 aliphatic carbocycles. The van der Waals surface area contributed by atoms with Crippen molar-refractivity contribution in [3.8, 4) is 0 Å². The van der Waals surface area contributed by atoms with Gasteiger partial charge in [0.25, 0.3) is 5.91 Å². The lowest BCUT2D eigenvalue weighted by molar-refractivity contribution is 0.0379. The van der Waals surface area contributed by atoms with Crippen molar-refractivity contribution in [1.29, 1.82) is 0 Å². The van der Waals surface area contributed by atoms with E-state index in [0.717, 1.165) is 11.3 Å². The second-order valence-electron chi connectivity index (χ2n) is 6.34. The van der Waals surface area contributed by atoms with Crippen molar-refractivity contribution >= 4 is 39.8 Å². The minimum absolute atomic E-state index is 0.129. The molecule has 0 aliphatic heterocycles. The van der Waals surface area contributed by atoms with Crippen molar-refractivity contribution in [2.24, 2.45) is 0 Å². The largest absolute Gasteiger partial charge is 0.462 e. The summed E-state index contributed by atoms with van der Waals surface area (Å²) in [5.41, 5.74) is 1.13. The highest BCUT2D eigenvalue weighted by atomic mass is 32.1. The number of hydrogen-bond donors (Lipinski definition) is 1. The number of amides is 1. The fourth-order valence-electron chi connectivity index (χ4n) is 2.67. The second kappa shape index (κ2) is 8.39. The van der Waals surface area contributed by atoms with Crippen LogP contribution in [0, 0.1) is 6.92 Å². The Morgan fingerprint density at radius 2 is 2.03 bits per heavy atom. The van der Waals surface area contributed by atoms with Gasteiger partial charge in [0.1, 0.15) is 15.4 Å². The first-order valence-corrected chi connectivity index (χ1v) is 9.76. The van der Waals surface area contributed by atoms with Crippen LogP contribution >= 0.6 is 11.3 Å². The molecule has 0 radical (unpaired) electrons. The molecule has 0 saturated heterocycles. The van der Waals surface area contributed by atoms with Gasteiger partial charge in [-0.2, -0.15) is 5.10 Å². The number of aromatic nitrogens is 3. The van der Waals surface area contributed by atoms with Crippen molar-refractivity contribution in [3.63, 3.8) is 0 Å². The van der Waals surface area contributed by atoms with Gasteiger partial charge in [-0.15, -0.1) is 11.3 Å². The molecule has 0 saturated carbocycles. The van der Waals surface area contributed by atoms with E-state index in [-0.39, 0.29) is 33.7 Å². The SMILES string of the molecule is CCOC(=O)c1sc(NC(=O)c2cnn3cccnc23)c(C(=O)OC(C)C)c1C. The van der Waals surface area contributed by atoms with Crippen molar-refractivity contribution in [2.75, 3.05) is 11.9 Å². The first-order chi connectivity index (χ1) is 13.8. The van der Waals surface area contributed by atoms with Crippen LogP contribution in [0.2, 0.25) is 0 Å². The molecule has 3 heterocycles. The molecule has 1 N–H and O–H groups in total. The van der Waals surface area contributed by atoms with Gasteiger partial charge in [0.15, 0.2) is 5.65 Å². The first-order valence-electron chi connectivity index (χ1n) is 8.94. The van der Waals surface area contributed by atoms with Crippen LogP contribution in [0.4, 0.5) is 5.00 Å². The number of esters is 2. The Morgan fingerprint density at radius 1 is 1.28 bits per heavy atom. The van der Waals surface area contributed by atoms with Crippen LogP contribution in [0.3, 0.4) is 0 Å². The summed E-state index contributed by atoms with van der Waals surface area (Å²) >= 11 is 0.966. The molecule has 0 atom stereocenters. The van der Waals surface area contributed by atoms with Gasteiger partial charge in [-0.05, 0) is 39.3 Å². The third-order valence-corrected chi connectivity index (χ3v) is 5.09. The summed E-state index contributed by atoms with van der Waals surface area (Å²) in [5, 5.41) is 6.98. The van der Waals surface area contributed by atoms with Crippen LogP contribution < -0.4 is 5.32 Å². The highest BCUT2D eigenvalue weighted by Gasteiger charge is 2.28. The normalized spacial score (nSPS) is 10.9. The van der Waals surface area contributed by atoms with E-state index >= 15 is 0 Å². The smallest absolute Gasteiger partial charge is 0.348 e. The average Bonchev–Trinajstić information content (AvgIpc) is 3.22. The summed E-state index contributed by atoms with van der Waals surface area (Å²) in [4.78, 5) is 42.1. The number of fused-ring (bicyclic) bond motifs is 1. The molecule has 3 aromatic rings. The lowest BCUT2D eigenvalue weighted by Gasteiger charge is -2.10. The minimum atomic E-state index is -0.627. The van der Waals surface area contributed by atoms with Gasteiger partial charge in [-0.25, -0.2) is 19.1 Å². The number of carbonyl (C=O) groups is 3. The van der Waals surface area contributed by atoms with Gasteiger partial charge in [0, 0.05) is 12.4 Å². The number of carbonyl (C=O) groups excluding carboxylic acids is 3. The maximum atomic E-state index is 12.8. The van der Waals surface area contributed by atoms with E-state index in [1.54, 1.807) is 46.2 Å². The Labute approximate surface area is 170 Å². The maximum absolute atomic E-state index is 12.8. The van der Waals surface area contributed by atoms with E-state index < -0.39 is 17.8 Å². The Morgan fingerprint density at radius 3 is 2.72 bits per heavy atom. The number of anilines is 1. The zero-order valence-corrected chi connectivity index (χ0v) is 17.2. The minimum Gasteiger partial charge on any atom is -0.462 e. The highest BCUT2D eigenvalue weighted by Crippen LogP contribution is 2.35. The summed E-state index contributed by atoms with van der Waals surface area (Å²) in [6, 6.07) is 1.69. The number of thiophene rings is 1.